The third kappa shape index (κ3) is 5.83. The van der Waals surface area contributed by atoms with E-state index in [1.807, 2.05) is 32.0 Å². The van der Waals surface area contributed by atoms with Crippen molar-refractivity contribution in [3.8, 4) is 28.3 Å². The Balaban J connectivity index is 1.85. The highest BCUT2D eigenvalue weighted by Crippen LogP contribution is 2.38. The molecule has 0 aliphatic carbocycles. The van der Waals surface area contributed by atoms with Gasteiger partial charge in [-0.1, -0.05) is 37.3 Å². The van der Waals surface area contributed by atoms with Crippen LogP contribution < -0.4 is 14.8 Å². The number of nitrogens with one attached hydrogen (secondary N) is 1. The van der Waals surface area contributed by atoms with Gasteiger partial charge in [0.15, 0.2) is 5.69 Å². The van der Waals surface area contributed by atoms with Crippen LogP contribution in [0.25, 0.3) is 22.5 Å². The van der Waals surface area contributed by atoms with Gasteiger partial charge in [-0.15, -0.1) is 0 Å². The molecule has 0 radical (unpaired) electrons. The van der Waals surface area contributed by atoms with Crippen LogP contribution in [0.4, 0.5) is 14.5 Å². The first-order chi connectivity index (χ1) is 19.9. The number of hydrogen-bond donors (Lipinski definition) is 1. The molecule has 8 nitrogen and oxygen atoms in total. The molecule has 3 aromatic carbocycles. The monoisotopic (exact) mass is 577 g/mol. The smallest absolute Gasteiger partial charge is 0.305 e. The first-order valence-corrected chi connectivity index (χ1v) is 13.4. The molecule has 4 aromatic rings. The van der Waals surface area contributed by atoms with Crippen molar-refractivity contribution in [1.29, 1.82) is 0 Å². The van der Waals surface area contributed by atoms with Gasteiger partial charge >= 0.3 is 5.97 Å². The molecule has 0 unspecified atom stereocenters. The number of alkyl halides is 2. The Hall–Kier alpha value is -4.73. The van der Waals surface area contributed by atoms with Gasteiger partial charge in [0.25, 0.3) is 17.7 Å². The Morgan fingerprint density at radius 2 is 1.69 bits per heavy atom. The van der Waals surface area contributed by atoms with E-state index < -0.39 is 24.2 Å². The molecule has 0 aliphatic rings. The number of anilines is 1. The van der Waals surface area contributed by atoms with Crippen molar-refractivity contribution >= 4 is 17.6 Å². The molecule has 10 heteroatoms. The number of hydrogen-bond acceptors (Lipinski definition) is 5. The van der Waals surface area contributed by atoms with Crippen LogP contribution in [0, 0.1) is 26.0 Å². The van der Waals surface area contributed by atoms with Gasteiger partial charge < -0.3 is 20.0 Å². The minimum Gasteiger partial charge on any atom is -0.710 e. The number of amides is 1. The lowest BCUT2D eigenvalue weighted by Crippen LogP contribution is -2.37. The predicted molar refractivity (Wildman–Crippen MR) is 155 cm³/mol. The standard InChI is InChI=1S/C32H33F2N3O5/c1-7-32(33,34)24-12-9-13-25(17-24)35-30(39)29-21(4)36(18-42-22(5)38)31(37(29)40)23-14-15-27(41-6)26(16-23)28-19(2)10-8-11-20(28)3/h8-17H,7,18H2,1-6H3,(H,35,39). The van der Waals surface area contributed by atoms with Crippen LogP contribution >= 0.6 is 0 Å². The lowest BCUT2D eigenvalue weighted by atomic mass is 9.93. The third-order valence-corrected chi connectivity index (χ3v) is 7.21. The van der Waals surface area contributed by atoms with E-state index in [0.29, 0.717) is 16.0 Å². The Kier molecular flexibility index (Phi) is 8.65. The number of rotatable bonds is 9. The molecule has 42 heavy (non-hydrogen) atoms. The van der Waals surface area contributed by atoms with Crippen molar-refractivity contribution in [3.05, 3.63) is 93.9 Å². The van der Waals surface area contributed by atoms with Crippen LogP contribution in [0.15, 0.2) is 60.7 Å². The third-order valence-electron chi connectivity index (χ3n) is 7.21. The zero-order valence-electron chi connectivity index (χ0n) is 24.4. The fraction of sp³-hybridized carbons (Fsp3) is 0.281. The first-order valence-electron chi connectivity index (χ1n) is 13.4. The summed E-state index contributed by atoms with van der Waals surface area (Å²) in [6.07, 6.45) is -0.404. The van der Waals surface area contributed by atoms with Crippen molar-refractivity contribution in [2.24, 2.45) is 0 Å². The van der Waals surface area contributed by atoms with Crippen molar-refractivity contribution in [2.75, 3.05) is 12.4 Å². The molecule has 1 aromatic heterocycles. The van der Waals surface area contributed by atoms with E-state index in [1.54, 1.807) is 32.2 Å². The van der Waals surface area contributed by atoms with Crippen molar-refractivity contribution in [3.63, 3.8) is 0 Å². The van der Waals surface area contributed by atoms with Crippen LogP contribution in [0.5, 0.6) is 5.75 Å². The van der Waals surface area contributed by atoms with Gasteiger partial charge in [-0.3, -0.25) is 9.59 Å². The largest absolute Gasteiger partial charge is 0.710 e. The molecule has 0 saturated carbocycles. The Morgan fingerprint density at radius 1 is 1.02 bits per heavy atom. The molecule has 0 spiro atoms. The second-order valence-corrected chi connectivity index (χ2v) is 10.0. The average molecular weight is 578 g/mol. The number of esters is 1. The predicted octanol–water partition coefficient (Wildman–Crippen LogP) is 6.66. The fourth-order valence-electron chi connectivity index (χ4n) is 4.99. The number of carbonyl (C=O) groups is 2. The van der Waals surface area contributed by atoms with Crippen LogP contribution in [0.3, 0.4) is 0 Å². The molecule has 0 atom stereocenters. The second kappa shape index (κ2) is 12.0. The van der Waals surface area contributed by atoms with Crippen molar-refractivity contribution in [2.45, 2.75) is 53.7 Å². The van der Waals surface area contributed by atoms with Gasteiger partial charge in [0.05, 0.1) is 12.7 Å². The fourth-order valence-corrected chi connectivity index (χ4v) is 4.99. The summed E-state index contributed by atoms with van der Waals surface area (Å²) in [4.78, 5) is 25.1. The molecule has 1 amide bonds. The van der Waals surface area contributed by atoms with E-state index in [0.717, 1.165) is 22.3 Å². The maximum atomic E-state index is 14.3. The first kappa shape index (κ1) is 30.2. The molecule has 0 aliphatic heterocycles. The Labute approximate surface area is 243 Å². The summed E-state index contributed by atoms with van der Waals surface area (Å²) in [5.41, 5.74) is 3.94. The SMILES string of the molecule is CCC(F)(F)c1cccc(NC(=O)c2c(C)n(COC(C)=O)c(-c3ccc(OC)c(-c4c(C)cccc4C)c3)[n+]2[O-])c1. The van der Waals surface area contributed by atoms with Crippen molar-refractivity contribution in [1.82, 2.24) is 4.57 Å². The summed E-state index contributed by atoms with van der Waals surface area (Å²) in [5, 5.41) is 16.4. The van der Waals surface area contributed by atoms with Gasteiger partial charge in [0.1, 0.15) is 5.75 Å². The van der Waals surface area contributed by atoms with E-state index >= 15 is 0 Å². The summed E-state index contributed by atoms with van der Waals surface area (Å²) >= 11 is 0. The molecular weight excluding hydrogens is 544 g/mol. The Bertz CT molecular complexity index is 1640. The van der Waals surface area contributed by atoms with E-state index in [2.05, 4.69) is 5.32 Å². The number of nitrogens with zero attached hydrogens (tertiary/aromatic N) is 2. The summed E-state index contributed by atoms with van der Waals surface area (Å²) in [7, 11) is 1.56. The zero-order valence-corrected chi connectivity index (χ0v) is 24.4. The minimum absolute atomic E-state index is 0.0558. The van der Waals surface area contributed by atoms with Crippen LogP contribution in [0.1, 0.15) is 53.1 Å². The summed E-state index contributed by atoms with van der Waals surface area (Å²) in [5.74, 6) is -3.80. The highest BCUT2D eigenvalue weighted by Gasteiger charge is 2.33. The van der Waals surface area contributed by atoms with Crippen molar-refractivity contribution < 1.29 is 32.6 Å². The number of carbonyl (C=O) groups excluding carboxylic acids is 2. The van der Waals surface area contributed by atoms with Gasteiger partial charge in [-0.25, -0.2) is 13.5 Å². The van der Waals surface area contributed by atoms with E-state index in [-0.39, 0.29) is 35.2 Å². The topological polar surface area (TPSA) is 96.5 Å². The molecular formula is C32H33F2N3O5. The molecule has 1 N–H and O–H groups in total. The minimum atomic E-state index is -3.07. The normalized spacial score (nSPS) is 11.3. The number of aryl methyl sites for hydroxylation is 2. The number of halogens is 2. The highest BCUT2D eigenvalue weighted by atomic mass is 19.3. The summed E-state index contributed by atoms with van der Waals surface area (Å²) in [6.45, 7) is 7.78. The average Bonchev–Trinajstić information content (AvgIpc) is 3.20. The molecule has 0 bridgehead atoms. The lowest BCUT2D eigenvalue weighted by molar-refractivity contribution is -0.595. The van der Waals surface area contributed by atoms with E-state index in [1.165, 1.54) is 42.7 Å². The lowest BCUT2D eigenvalue weighted by Gasteiger charge is -2.16. The van der Waals surface area contributed by atoms with Crippen LogP contribution in [-0.4, -0.2) is 23.6 Å². The summed E-state index contributed by atoms with van der Waals surface area (Å²) < 4.78 is 41.3. The number of ether oxygens (including phenoxy) is 2. The van der Waals surface area contributed by atoms with E-state index in [9.17, 15) is 23.6 Å². The van der Waals surface area contributed by atoms with Gasteiger partial charge in [-0.05, 0) is 60.9 Å². The maximum absolute atomic E-state index is 14.3. The number of methoxy groups -OCH3 is 1. The molecule has 0 fully saturated rings. The van der Waals surface area contributed by atoms with Gasteiger partial charge in [0.2, 0.25) is 12.4 Å². The molecule has 0 saturated heterocycles. The van der Waals surface area contributed by atoms with Crippen LogP contribution in [0.2, 0.25) is 0 Å². The van der Waals surface area contributed by atoms with E-state index in [4.69, 9.17) is 9.47 Å². The number of imidazole rings is 1. The summed E-state index contributed by atoms with van der Waals surface area (Å²) in [6, 6.07) is 16.5. The van der Waals surface area contributed by atoms with Gasteiger partial charge in [0, 0.05) is 37.1 Å². The maximum Gasteiger partial charge on any atom is 0.305 e. The quantitative estimate of drug-likeness (QED) is 0.136. The molecule has 4 rings (SSSR count). The molecule has 220 valence electrons. The second-order valence-electron chi connectivity index (χ2n) is 10.0. The highest BCUT2D eigenvalue weighted by molar-refractivity contribution is 6.03. The number of benzene rings is 3. The Morgan fingerprint density at radius 3 is 2.31 bits per heavy atom. The zero-order chi connectivity index (χ0) is 30.8. The number of aromatic nitrogens is 2. The molecule has 1 heterocycles. The van der Waals surface area contributed by atoms with Gasteiger partial charge in [-0.2, -0.15) is 4.57 Å². The van der Waals surface area contributed by atoms with Crippen LogP contribution in [-0.2, 0) is 22.2 Å².